The molecule has 0 aliphatic carbocycles. The number of aliphatic imine (C=N–C) groups is 2. The van der Waals surface area contributed by atoms with Crippen LogP contribution in [-0.4, -0.2) is 12.2 Å². The highest BCUT2D eigenvalue weighted by atomic mass is 16.1. The smallest absolute Gasteiger partial charge is 0.211 e. The first-order valence-electron chi connectivity index (χ1n) is 8.56. The summed E-state index contributed by atoms with van der Waals surface area (Å²) in [5.41, 5.74) is 4.34. The number of isocyanates is 2. The zero-order chi connectivity index (χ0) is 17.1. The number of nitrogens with zero attached hydrogens (tertiary/aromatic N) is 2. The molecular formula is C19H26N2O2. The van der Waals surface area contributed by atoms with Crippen LogP contribution in [0.25, 0.3) is 0 Å². The summed E-state index contributed by atoms with van der Waals surface area (Å²) in [5.74, 6) is 0. The molecule has 0 unspecified atom stereocenters. The van der Waals surface area contributed by atoms with E-state index in [1.807, 2.05) is 0 Å². The molecule has 0 aromatic heterocycles. The second-order valence-corrected chi connectivity index (χ2v) is 5.73. The van der Waals surface area contributed by atoms with Gasteiger partial charge in [0, 0.05) is 5.56 Å². The third-order valence-corrected chi connectivity index (χ3v) is 3.94. The van der Waals surface area contributed by atoms with Crippen LogP contribution >= 0.6 is 0 Å². The summed E-state index contributed by atoms with van der Waals surface area (Å²) in [6, 6.07) is 2.06. The minimum Gasteiger partial charge on any atom is -0.211 e. The van der Waals surface area contributed by atoms with Gasteiger partial charge in [-0.2, -0.15) is 9.98 Å². The minimum atomic E-state index is 0.657. The molecule has 0 spiro atoms. The van der Waals surface area contributed by atoms with E-state index in [1.165, 1.54) is 0 Å². The number of unbranched alkanes of at least 4 members (excludes halogenated alkanes) is 2. The average Bonchev–Trinajstić information content (AvgIpc) is 2.55. The summed E-state index contributed by atoms with van der Waals surface area (Å²) >= 11 is 0. The number of carbonyl (C=O) groups excluding carboxylic acids is 2. The van der Waals surface area contributed by atoms with Crippen molar-refractivity contribution in [3.8, 4) is 0 Å². The predicted molar refractivity (Wildman–Crippen MR) is 93.2 cm³/mol. The third kappa shape index (κ3) is 5.28. The Morgan fingerprint density at radius 1 is 0.783 bits per heavy atom. The molecule has 23 heavy (non-hydrogen) atoms. The van der Waals surface area contributed by atoms with Crippen LogP contribution in [0.3, 0.4) is 0 Å². The lowest BCUT2D eigenvalue weighted by molar-refractivity contribution is 0.564. The lowest BCUT2D eigenvalue weighted by Gasteiger charge is -2.16. The molecule has 0 aliphatic rings. The molecule has 1 rings (SSSR count). The van der Waals surface area contributed by atoms with Crippen molar-refractivity contribution < 1.29 is 9.59 Å². The highest BCUT2D eigenvalue weighted by molar-refractivity contribution is 5.72. The van der Waals surface area contributed by atoms with Gasteiger partial charge in [0.15, 0.2) is 0 Å². The van der Waals surface area contributed by atoms with E-state index in [1.54, 1.807) is 12.2 Å². The van der Waals surface area contributed by atoms with E-state index >= 15 is 0 Å². The molecule has 1 aromatic rings. The van der Waals surface area contributed by atoms with Gasteiger partial charge in [-0.25, -0.2) is 9.59 Å². The Labute approximate surface area is 138 Å². The first-order valence-corrected chi connectivity index (χ1v) is 8.56. The number of aryl methyl sites for hydroxylation is 2. The van der Waals surface area contributed by atoms with Crippen molar-refractivity contribution in [2.45, 2.75) is 72.1 Å². The second-order valence-electron chi connectivity index (χ2n) is 5.73. The molecule has 0 fully saturated rings. The Balaban J connectivity index is 3.60. The summed E-state index contributed by atoms with van der Waals surface area (Å²) in [5, 5.41) is 0. The lowest BCUT2D eigenvalue weighted by Crippen LogP contribution is -1.99. The Morgan fingerprint density at radius 2 is 1.30 bits per heavy atom. The Kier molecular flexibility index (Phi) is 8.82. The normalized spacial score (nSPS) is 10.0. The van der Waals surface area contributed by atoms with Crippen LogP contribution in [0.1, 0.15) is 69.6 Å². The zero-order valence-electron chi connectivity index (χ0n) is 14.4. The standard InChI is InChI=1S/C19H26N2O2/c1-4-7-10-16-12-15(9-6-3)18(20-13-22)17(11-8-5-2)19(16)21-14-23/h12H,4-11H2,1-3H3. The molecule has 4 nitrogen and oxygen atoms in total. The maximum absolute atomic E-state index is 10.9. The first-order chi connectivity index (χ1) is 11.2. The third-order valence-electron chi connectivity index (χ3n) is 3.94. The van der Waals surface area contributed by atoms with E-state index in [0.29, 0.717) is 11.4 Å². The van der Waals surface area contributed by atoms with Gasteiger partial charge in [0.25, 0.3) is 0 Å². The monoisotopic (exact) mass is 314 g/mol. The van der Waals surface area contributed by atoms with Gasteiger partial charge in [-0.15, -0.1) is 0 Å². The van der Waals surface area contributed by atoms with Crippen LogP contribution in [0.4, 0.5) is 11.4 Å². The molecule has 0 N–H and O–H groups in total. The number of benzene rings is 1. The van der Waals surface area contributed by atoms with Crippen molar-refractivity contribution in [1.82, 2.24) is 0 Å². The summed E-state index contributed by atoms with van der Waals surface area (Å²) in [7, 11) is 0. The van der Waals surface area contributed by atoms with Crippen LogP contribution in [0, 0.1) is 0 Å². The second kappa shape index (κ2) is 10.7. The molecule has 124 valence electrons. The molecule has 0 saturated carbocycles. The largest absolute Gasteiger partial charge is 0.240 e. The van der Waals surface area contributed by atoms with Crippen molar-refractivity contribution in [2.24, 2.45) is 9.98 Å². The van der Waals surface area contributed by atoms with Crippen LogP contribution in [0.15, 0.2) is 16.1 Å². The molecule has 0 bridgehead atoms. The molecular weight excluding hydrogens is 288 g/mol. The molecule has 0 amide bonds. The zero-order valence-corrected chi connectivity index (χ0v) is 14.4. The predicted octanol–water partition coefficient (Wildman–Crippen LogP) is 5.26. The molecule has 0 aliphatic heterocycles. The van der Waals surface area contributed by atoms with Crippen molar-refractivity contribution in [1.29, 1.82) is 0 Å². The molecule has 0 saturated heterocycles. The fourth-order valence-corrected chi connectivity index (χ4v) is 2.82. The van der Waals surface area contributed by atoms with Gasteiger partial charge in [0.1, 0.15) is 0 Å². The number of hydrogen-bond acceptors (Lipinski definition) is 4. The summed E-state index contributed by atoms with van der Waals surface area (Å²) < 4.78 is 0. The molecule has 4 heteroatoms. The van der Waals surface area contributed by atoms with Crippen LogP contribution in [0.5, 0.6) is 0 Å². The number of hydrogen-bond donors (Lipinski definition) is 0. The summed E-state index contributed by atoms with van der Waals surface area (Å²) in [6.45, 7) is 6.35. The van der Waals surface area contributed by atoms with E-state index in [9.17, 15) is 9.59 Å². The fourth-order valence-electron chi connectivity index (χ4n) is 2.82. The molecule has 0 heterocycles. The summed E-state index contributed by atoms with van der Waals surface area (Å²) in [6.07, 6.45) is 10.9. The van der Waals surface area contributed by atoms with E-state index < -0.39 is 0 Å². The van der Waals surface area contributed by atoms with Gasteiger partial charge in [0.05, 0.1) is 11.4 Å². The number of rotatable bonds is 10. The van der Waals surface area contributed by atoms with E-state index in [2.05, 4.69) is 36.8 Å². The molecule has 0 atom stereocenters. The quantitative estimate of drug-likeness (QED) is 0.437. The fraction of sp³-hybridized carbons (Fsp3) is 0.579. The first kappa shape index (κ1) is 19.0. The van der Waals surface area contributed by atoms with E-state index in [4.69, 9.17) is 0 Å². The van der Waals surface area contributed by atoms with E-state index in [-0.39, 0.29) is 0 Å². The van der Waals surface area contributed by atoms with Crippen molar-refractivity contribution in [2.75, 3.05) is 0 Å². The minimum absolute atomic E-state index is 0.657. The van der Waals surface area contributed by atoms with Gasteiger partial charge in [-0.1, -0.05) is 46.1 Å². The van der Waals surface area contributed by atoms with Crippen LogP contribution in [0.2, 0.25) is 0 Å². The van der Waals surface area contributed by atoms with E-state index in [0.717, 1.165) is 68.1 Å². The van der Waals surface area contributed by atoms with Gasteiger partial charge < -0.3 is 0 Å². The highest BCUT2D eigenvalue weighted by Gasteiger charge is 2.17. The summed E-state index contributed by atoms with van der Waals surface area (Å²) in [4.78, 5) is 29.7. The lowest BCUT2D eigenvalue weighted by atomic mass is 9.92. The maximum Gasteiger partial charge on any atom is 0.240 e. The van der Waals surface area contributed by atoms with Gasteiger partial charge in [0.2, 0.25) is 12.2 Å². The Bertz CT molecular complexity index is 610. The molecule has 0 radical (unpaired) electrons. The Morgan fingerprint density at radius 3 is 1.78 bits per heavy atom. The highest BCUT2D eigenvalue weighted by Crippen LogP contribution is 2.38. The average molecular weight is 314 g/mol. The van der Waals surface area contributed by atoms with Crippen LogP contribution < -0.4 is 0 Å². The Hall–Kier alpha value is -2.02. The van der Waals surface area contributed by atoms with Crippen molar-refractivity contribution in [3.05, 3.63) is 22.8 Å². The van der Waals surface area contributed by atoms with Crippen molar-refractivity contribution in [3.63, 3.8) is 0 Å². The van der Waals surface area contributed by atoms with Gasteiger partial charge in [-0.3, -0.25) is 0 Å². The van der Waals surface area contributed by atoms with Gasteiger partial charge >= 0.3 is 0 Å². The topological polar surface area (TPSA) is 58.9 Å². The maximum atomic E-state index is 10.9. The van der Waals surface area contributed by atoms with Crippen LogP contribution in [-0.2, 0) is 28.9 Å². The van der Waals surface area contributed by atoms with Gasteiger partial charge in [-0.05, 0) is 43.2 Å². The SMILES string of the molecule is CCCCc1cc(CCC)c(N=C=O)c(CCCC)c1N=C=O. The molecule has 1 aromatic carbocycles. The van der Waals surface area contributed by atoms with Crippen molar-refractivity contribution >= 4 is 23.5 Å².